The Morgan fingerprint density at radius 3 is 2.87 bits per heavy atom. The average Bonchev–Trinajstić information content (AvgIpc) is 2.63. The summed E-state index contributed by atoms with van der Waals surface area (Å²) >= 11 is 1.73. The summed E-state index contributed by atoms with van der Waals surface area (Å²) in [5, 5.41) is 0. The van der Waals surface area contributed by atoms with Gasteiger partial charge in [-0.1, -0.05) is 0 Å². The number of aromatic nitrogens is 1. The third-order valence-electron chi connectivity index (χ3n) is 2.33. The van der Waals surface area contributed by atoms with E-state index in [1.54, 1.807) is 36.0 Å². The van der Waals surface area contributed by atoms with E-state index in [1.807, 2.05) is 13.2 Å². The van der Waals surface area contributed by atoms with Crippen LogP contribution in [0.25, 0.3) is 0 Å². The Labute approximate surface area is 94.2 Å². The number of hydrogen-bond donors (Lipinski definition) is 2. The van der Waals surface area contributed by atoms with Crippen LogP contribution in [-0.4, -0.2) is 40.9 Å². The molecule has 3 N–H and O–H groups in total. The van der Waals surface area contributed by atoms with Crippen molar-refractivity contribution >= 4 is 23.4 Å². The summed E-state index contributed by atoms with van der Waals surface area (Å²) < 4.78 is 0. The molecule has 1 heterocycles. The van der Waals surface area contributed by atoms with Gasteiger partial charge < -0.3 is 15.6 Å². The molecule has 1 amide bonds. The van der Waals surface area contributed by atoms with Crippen LogP contribution < -0.4 is 5.73 Å². The fourth-order valence-corrected chi connectivity index (χ4v) is 1.98. The zero-order valence-electron chi connectivity index (χ0n) is 9.28. The van der Waals surface area contributed by atoms with Gasteiger partial charge >= 0.3 is 0 Å². The number of anilines is 1. The van der Waals surface area contributed by atoms with Gasteiger partial charge in [0.2, 0.25) is 0 Å². The van der Waals surface area contributed by atoms with Crippen molar-refractivity contribution in [2.24, 2.45) is 0 Å². The Hall–Kier alpha value is -1.10. The number of hydrogen-bond acceptors (Lipinski definition) is 3. The molecule has 1 atom stereocenters. The van der Waals surface area contributed by atoms with Gasteiger partial charge in [0.1, 0.15) is 5.69 Å². The van der Waals surface area contributed by atoms with Crippen LogP contribution in [0.4, 0.5) is 5.69 Å². The molecular formula is C10H17N3OS. The predicted molar refractivity (Wildman–Crippen MR) is 65.1 cm³/mol. The van der Waals surface area contributed by atoms with E-state index in [-0.39, 0.29) is 11.9 Å². The number of amides is 1. The van der Waals surface area contributed by atoms with Crippen LogP contribution >= 0.6 is 11.8 Å². The molecule has 0 aliphatic rings. The molecule has 0 bridgehead atoms. The van der Waals surface area contributed by atoms with Crippen molar-refractivity contribution in [2.45, 2.75) is 13.0 Å². The lowest BCUT2D eigenvalue weighted by Crippen LogP contribution is -2.36. The molecule has 15 heavy (non-hydrogen) atoms. The first kappa shape index (κ1) is 12.0. The zero-order chi connectivity index (χ0) is 11.4. The second-order valence-electron chi connectivity index (χ2n) is 3.57. The third-order valence-corrected chi connectivity index (χ3v) is 3.14. The normalized spacial score (nSPS) is 12.5. The number of carbonyl (C=O) groups excluding carboxylic acids is 1. The van der Waals surface area contributed by atoms with Gasteiger partial charge in [-0.25, -0.2) is 0 Å². The summed E-state index contributed by atoms with van der Waals surface area (Å²) in [6.45, 7) is 2.03. The van der Waals surface area contributed by atoms with Crippen LogP contribution in [0, 0.1) is 0 Å². The Morgan fingerprint density at radius 1 is 1.73 bits per heavy atom. The maximum Gasteiger partial charge on any atom is 0.270 e. The Bertz CT molecular complexity index is 337. The first-order valence-corrected chi connectivity index (χ1v) is 6.15. The van der Waals surface area contributed by atoms with Crippen LogP contribution in [0.15, 0.2) is 12.3 Å². The monoisotopic (exact) mass is 227 g/mol. The Balaban J connectivity index is 2.68. The van der Waals surface area contributed by atoms with E-state index in [1.165, 1.54) is 0 Å². The number of nitrogens with one attached hydrogen (secondary N) is 1. The predicted octanol–water partition coefficient (Wildman–Crippen LogP) is 1.42. The SMILES string of the molecule is CSCC(C)N(C)C(=O)c1cc(N)c[nH]1. The van der Waals surface area contributed by atoms with Crippen molar-refractivity contribution in [3.63, 3.8) is 0 Å². The number of nitrogens with two attached hydrogens (primary N) is 1. The third kappa shape index (κ3) is 2.92. The number of nitrogens with zero attached hydrogens (tertiary/aromatic N) is 1. The Morgan fingerprint density at radius 2 is 2.40 bits per heavy atom. The number of nitrogen functional groups attached to an aromatic ring is 1. The highest BCUT2D eigenvalue weighted by Gasteiger charge is 2.17. The molecule has 0 saturated carbocycles. The summed E-state index contributed by atoms with van der Waals surface area (Å²) in [5.41, 5.74) is 6.68. The van der Waals surface area contributed by atoms with Crippen LogP contribution in [0.3, 0.4) is 0 Å². The fraction of sp³-hybridized carbons (Fsp3) is 0.500. The lowest BCUT2D eigenvalue weighted by molar-refractivity contribution is 0.0752. The van der Waals surface area contributed by atoms with Gasteiger partial charge in [-0.3, -0.25) is 4.79 Å². The molecule has 0 fully saturated rings. The van der Waals surface area contributed by atoms with E-state index in [0.717, 1.165) is 5.75 Å². The van der Waals surface area contributed by atoms with Crippen molar-refractivity contribution in [1.29, 1.82) is 0 Å². The standard InChI is InChI=1S/C10H17N3OS/c1-7(6-15-3)13(2)10(14)9-4-8(11)5-12-9/h4-5,7,12H,6,11H2,1-3H3. The van der Waals surface area contributed by atoms with Crippen molar-refractivity contribution < 1.29 is 4.79 Å². The number of thioether (sulfide) groups is 1. The largest absolute Gasteiger partial charge is 0.397 e. The van der Waals surface area contributed by atoms with Crippen LogP contribution in [0.2, 0.25) is 0 Å². The molecule has 0 spiro atoms. The minimum atomic E-state index is -0.0201. The summed E-state index contributed by atoms with van der Waals surface area (Å²) in [5.74, 6) is 0.909. The van der Waals surface area contributed by atoms with Gasteiger partial charge in [-0.2, -0.15) is 11.8 Å². The van der Waals surface area contributed by atoms with Gasteiger partial charge in [-0.05, 0) is 19.2 Å². The Kier molecular flexibility index (Phi) is 4.08. The highest BCUT2D eigenvalue weighted by molar-refractivity contribution is 7.98. The molecule has 0 aliphatic heterocycles. The second-order valence-corrected chi connectivity index (χ2v) is 4.48. The molecule has 5 heteroatoms. The van der Waals surface area contributed by atoms with Gasteiger partial charge in [-0.15, -0.1) is 0 Å². The molecule has 1 aromatic heterocycles. The highest BCUT2D eigenvalue weighted by atomic mass is 32.2. The van der Waals surface area contributed by atoms with Gasteiger partial charge in [0.05, 0.1) is 0 Å². The first-order chi connectivity index (χ1) is 7.06. The fourth-order valence-electron chi connectivity index (χ4n) is 1.28. The lowest BCUT2D eigenvalue weighted by Gasteiger charge is -2.23. The summed E-state index contributed by atoms with van der Waals surface area (Å²) in [6, 6.07) is 1.88. The molecular weight excluding hydrogens is 210 g/mol. The van der Waals surface area contributed by atoms with Crippen molar-refractivity contribution in [3.8, 4) is 0 Å². The average molecular weight is 227 g/mol. The number of aromatic amines is 1. The molecule has 0 saturated heterocycles. The van der Waals surface area contributed by atoms with E-state index in [4.69, 9.17) is 5.73 Å². The van der Waals surface area contributed by atoms with Crippen LogP contribution in [0.1, 0.15) is 17.4 Å². The summed E-state index contributed by atoms with van der Waals surface area (Å²) in [7, 11) is 1.81. The van der Waals surface area contributed by atoms with E-state index in [2.05, 4.69) is 4.98 Å². The number of carbonyl (C=O) groups is 1. The van der Waals surface area contributed by atoms with Crippen molar-refractivity contribution in [2.75, 3.05) is 24.8 Å². The second kappa shape index (κ2) is 5.11. The molecule has 0 radical (unpaired) electrons. The molecule has 84 valence electrons. The lowest BCUT2D eigenvalue weighted by atomic mass is 10.3. The molecule has 1 rings (SSSR count). The smallest absolute Gasteiger partial charge is 0.270 e. The van der Waals surface area contributed by atoms with Crippen LogP contribution in [-0.2, 0) is 0 Å². The highest BCUT2D eigenvalue weighted by Crippen LogP contribution is 2.11. The molecule has 4 nitrogen and oxygen atoms in total. The maximum atomic E-state index is 11.9. The number of H-pyrrole nitrogens is 1. The zero-order valence-corrected chi connectivity index (χ0v) is 10.1. The maximum absolute atomic E-state index is 11.9. The van der Waals surface area contributed by atoms with Gasteiger partial charge in [0, 0.05) is 30.7 Å². The van der Waals surface area contributed by atoms with Gasteiger partial charge in [0.25, 0.3) is 5.91 Å². The topological polar surface area (TPSA) is 62.1 Å². The van der Waals surface area contributed by atoms with Crippen molar-refractivity contribution in [3.05, 3.63) is 18.0 Å². The quantitative estimate of drug-likeness (QED) is 0.817. The molecule has 1 aromatic rings. The van der Waals surface area contributed by atoms with E-state index in [0.29, 0.717) is 11.4 Å². The molecule has 0 aliphatic carbocycles. The van der Waals surface area contributed by atoms with E-state index in [9.17, 15) is 4.79 Å². The molecule has 1 unspecified atom stereocenters. The van der Waals surface area contributed by atoms with E-state index >= 15 is 0 Å². The first-order valence-electron chi connectivity index (χ1n) is 4.76. The summed E-state index contributed by atoms with van der Waals surface area (Å²) in [6.07, 6.45) is 3.65. The minimum absolute atomic E-state index is 0.0201. The van der Waals surface area contributed by atoms with Crippen LogP contribution in [0.5, 0.6) is 0 Å². The summed E-state index contributed by atoms with van der Waals surface area (Å²) in [4.78, 5) is 16.5. The van der Waals surface area contributed by atoms with E-state index < -0.39 is 0 Å². The number of rotatable bonds is 4. The van der Waals surface area contributed by atoms with Gasteiger partial charge in [0.15, 0.2) is 0 Å². The minimum Gasteiger partial charge on any atom is -0.397 e. The molecule has 0 aromatic carbocycles. The van der Waals surface area contributed by atoms with Crippen molar-refractivity contribution in [1.82, 2.24) is 9.88 Å².